The number of benzene rings is 2. The van der Waals surface area contributed by atoms with E-state index in [2.05, 4.69) is 26.0 Å². The molecule has 1 N–H and O–H groups in total. The first-order chi connectivity index (χ1) is 13.9. The van der Waals surface area contributed by atoms with E-state index in [0.29, 0.717) is 34.5 Å². The van der Waals surface area contributed by atoms with Crippen LogP contribution in [-0.2, 0) is 11.2 Å². The lowest BCUT2D eigenvalue weighted by molar-refractivity contribution is -0.139. The SMILES string of the molecule is CCc1nc2ccc(Br)cc2c(=O)n1N=Cc1cccc(OC)c1OCC(=O)O. The van der Waals surface area contributed by atoms with E-state index in [9.17, 15) is 9.59 Å². The average Bonchev–Trinajstić information content (AvgIpc) is 2.71. The Morgan fingerprint density at radius 2 is 2.14 bits per heavy atom. The third kappa shape index (κ3) is 4.45. The fourth-order valence-corrected chi connectivity index (χ4v) is 3.11. The zero-order valence-electron chi connectivity index (χ0n) is 15.8. The zero-order valence-corrected chi connectivity index (χ0v) is 17.3. The number of methoxy groups -OCH3 is 1. The fourth-order valence-electron chi connectivity index (χ4n) is 2.75. The number of ether oxygens (including phenoxy) is 2. The van der Waals surface area contributed by atoms with E-state index in [1.54, 1.807) is 30.3 Å². The maximum absolute atomic E-state index is 13.0. The Hall–Kier alpha value is -3.20. The number of hydrogen-bond donors (Lipinski definition) is 1. The monoisotopic (exact) mass is 459 g/mol. The smallest absolute Gasteiger partial charge is 0.341 e. The number of carboxylic acid groups (broad SMARTS) is 1. The molecule has 0 saturated heterocycles. The average molecular weight is 460 g/mol. The lowest BCUT2D eigenvalue weighted by Crippen LogP contribution is -2.22. The molecule has 8 nitrogen and oxygen atoms in total. The molecule has 0 unspecified atom stereocenters. The number of para-hydroxylation sites is 1. The Kier molecular flexibility index (Phi) is 6.28. The molecule has 3 aromatic rings. The number of hydrogen-bond acceptors (Lipinski definition) is 6. The minimum Gasteiger partial charge on any atom is -0.493 e. The Bertz CT molecular complexity index is 1160. The van der Waals surface area contributed by atoms with Gasteiger partial charge in [0.15, 0.2) is 18.1 Å². The summed E-state index contributed by atoms with van der Waals surface area (Å²) in [6, 6.07) is 10.3. The molecule has 3 rings (SSSR count). The first kappa shape index (κ1) is 20.5. The van der Waals surface area contributed by atoms with Crippen LogP contribution < -0.4 is 15.0 Å². The molecule has 0 saturated carbocycles. The summed E-state index contributed by atoms with van der Waals surface area (Å²) in [7, 11) is 1.45. The van der Waals surface area contributed by atoms with Crippen molar-refractivity contribution >= 4 is 39.0 Å². The predicted octanol–water partition coefficient (Wildman–Crippen LogP) is 3.08. The van der Waals surface area contributed by atoms with Crippen molar-refractivity contribution in [3.05, 3.63) is 62.6 Å². The van der Waals surface area contributed by atoms with E-state index >= 15 is 0 Å². The van der Waals surface area contributed by atoms with Gasteiger partial charge in [0, 0.05) is 16.5 Å². The molecule has 0 aliphatic rings. The Labute approximate surface area is 174 Å². The van der Waals surface area contributed by atoms with Crippen LogP contribution >= 0.6 is 15.9 Å². The van der Waals surface area contributed by atoms with E-state index in [0.717, 1.165) is 4.47 Å². The van der Waals surface area contributed by atoms with Gasteiger partial charge in [-0.25, -0.2) is 9.78 Å². The Balaban J connectivity index is 2.10. The van der Waals surface area contributed by atoms with Gasteiger partial charge in [-0.15, -0.1) is 0 Å². The van der Waals surface area contributed by atoms with Gasteiger partial charge < -0.3 is 14.6 Å². The summed E-state index contributed by atoms with van der Waals surface area (Å²) in [6.07, 6.45) is 1.92. The van der Waals surface area contributed by atoms with E-state index in [-0.39, 0.29) is 11.3 Å². The number of halogens is 1. The number of fused-ring (bicyclic) bond motifs is 1. The number of carbonyl (C=O) groups is 1. The van der Waals surface area contributed by atoms with Gasteiger partial charge in [0.1, 0.15) is 5.82 Å². The molecular weight excluding hydrogens is 442 g/mol. The maximum Gasteiger partial charge on any atom is 0.341 e. The number of aryl methyl sites for hydroxylation is 1. The number of aliphatic carboxylic acids is 1. The van der Waals surface area contributed by atoms with Crippen LogP contribution in [0.4, 0.5) is 0 Å². The van der Waals surface area contributed by atoms with E-state index < -0.39 is 12.6 Å². The molecule has 1 aromatic heterocycles. The van der Waals surface area contributed by atoms with Gasteiger partial charge in [-0.1, -0.05) is 28.9 Å². The summed E-state index contributed by atoms with van der Waals surface area (Å²) < 4.78 is 12.6. The van der Waals surface area contributed by atoms with Crippen molar-refractivity contribution < 1.29 is 19.4 Å². The Morgan fingerprint density at radius 3 is 2.83 bits per heavy atom. The van der Waals surface area contributed by atoms with Crippen molar-refractivity contribution in [1.82, 2.24) is 9.66 Å². The van der Waals surface area contributed by atoms with Crippen molar-refractivity contribution in [3.8, 4) is 11.5 Å². The lowest BCUT2D eigenvalue weighted by atomic mass is 10.2. The maximum atomic E-state index is 13.0. The molecular formula is C20H18BrN3O5. The van der Waals surface area contributed by atoms with Crippen LogP contribution in [0.1, 0.15) is 18.3 Å². The third-order valence-electron chi connectivity index (χ3n) is 4.07. The number of rotatable bonds is 7. The molecule has 150 valence electrons. The second kappa shape index (κ2) is 8.87. The van der Waals surface area contributed by atoms with Crippen molar-refractivity contribution in [2.24, 2.45) is 5.10 Å². The fraction of sp³-hybridized carbons (Fsp3) is 0.200. The van der Waals surface area contributed by atoms with Crippen LogP contribution in [0.3, 0.4) is 0 Å². The summed E-state index contributed by atoms with van der Waals surface area (Å²) in [5, 5.41) is 13.6. The molecule has 2 aromatic carbocycles. The molecule has 0 atom stereocenters. The van der Waals surface area contributed by atoms with Crippen LogP contribution in [0, 0.1) is 0 Å². The zero-order chi connectivity index (χ0) is 21.0. The van der Waals surface area contributed by atoms with Crippen LogP contribution in [0.25, 0.3) is 10.9 Å². The summed E-state index contributed by atoms with van der Waals surface area (Å²) in [4.78, 5) is 28.4. The third-order valence-corrected chi connectivity index (χ3v) is 4.57. The highest BCUT2D eigenvalue weighted by molar-refractivity contribution is 9.10. The van der Waals surface area contributed by atoms with Crippen LogP contribution in [0.2, 0.25) is 0 Å². The second-order valence-corrected chi connectivity index (χ2v) is 6.88. The van der Waals surface area contributed by atoms with Gasteiger partial charge >= 0.3 is 5.97 Å². The van der Waals surface area contributed by atoms with E-state index in [1.165, 1.54) is 18.0 Å². The summed E-state index contributed by atoms with van der Waals surface area (Å²) >= 11 is 3.36. The molecule has 29 heavy (non-hydrogen) atoms. The highest BCUT2D eigenvalue weighted by Gasteiger charge is 2.13. The molecule has 1 heterocycles. The van der Waals surface area contributed by atoms with Crippen molar-refractivity contribution in [2.75, 3.05) is 13.7 Å². The standard InChI is InChI=1S/C20H18BrN3O5/c1-3-17-23-15-8-7-13(21)9-14(15)20(27)24(17)22-10-12-5-4-6-16(28-2)19(12)29-11-18(25)26/h4-10H,3,11H2,1-2H3,(H,25,26). The molecule has 0 amide bonds. The van der Waals surface area contributed by atoms with Crippen molar-refractivity contribution in [1.29, 1.82) is 0 Å². The highest BCUT2D eigenvalue weighted by atomic mass is 79.9. The molecule has 0 aliphatic heterocycles. The van der Waals surface area contributed by atoms with Crippen molar-refractivity contribution in [3.63, 3.8) is 0 Å². The Morgan fingerprint density at radius 1 is 1.34 bits per heavy atom. The van der Waals surface area contributed by atoms with Crippen LogP contribution in [0.15, 0.2) is 50.8 Å². The largest absolute Gasteiger partial charge is 0.493 e. The molecule has 0 aliphatic carbocycles. The van der Waals surface area contributed by atoms with Crippen LogP contribution in [0.5, 0.6) is 11.5 Å². The first-order valence-corrected chi connectivity index (χ1v) is 9.51. The molecule has 9 heteroatoms. The van der Waals surface area contributed by atoms with Crippen LogP contribution in [-0.4, -0.2) is 40.7 Å². The van der Waals surface area contributed by atoms with Gasteiger partial charge in [0.25, 0.3) is 5.56 Å². The second-order valence-electron chi connectivity index (χ2n) is 5.97. The summed E-state index contributed by atoms with van der Waals surface area (Å²) in [6.45, 7) is 1.35. The minimum absolute atomic E-state index is 0.226. The number of aromatic nitrogens is 2. The molecule has 0 bridgehead atoms. The summed E-state index contributed by atoms with van der Waals surface area (Å²) in [5.74, 6) is -0.0351. The molecule has 0 fully saturated rings. The minimum atomic E-state index is -1.12. The van der Waals surface area contributed by atoms with E-state index in [1.807, 2.05) is 13.0 Å². The molecule has 0 radical (unpaired) electrons. The van der Waals surface area contributed by atoms with Gasteiger partial charge in [0.05, 0.1) is 24.2 Å². The van der Waals surface area contributed by atoms with Gasteiger partial charge in [0.2, 0.25) is 0 Å². The van der Waals surface area contributed by atoms with Crippen molar-refractivity contribution in [2.45, 2.75) is 13.3 Å². The topological polar surface area (TPSA) is 103 Å². The van der Waals surface area contributed by atoms with Gasteiger partial charge in [-0.2, -0.15) is 9.78 Å². The summed E-state index contributed by atoms with van der Waals surface area (Å²) in [5.41, 5.74) is 0.752. The number of nitrogens with zero attached hydrogens (tertiary/aromatic N) is 3. The number of carboxylic acids is 1. The highest BCUT2D eigenvalue weighted by Crippen LogP contribution is 2.30. The first-order valence-electron chi connectivity index (χ1n) is 8.71. The van der Waals surface area contributed by atoms with Gasteiger partial charge in [-0.3, -0.25) is 4.79 Å². The quantitative estimate of drug-likeness (QED) is 0.544. The lowest BCUT2D eigenvalue weighted by Gasteiger charge is -2.12. The molecule has 0 spiro atoms. The van der Waals surface area contributed by atoms with Gasteiger partial charge in [-0.05, 0) is 30.3 Å². The van der Waals surface area contributed by atoms with E-state index in [4.69, 9.17) is 14.6 Å². The normalized spacial score (nSPS) is 11.1. The predicted molar refractivity (Wildman–Crippen MR) is 112 cm³/mol.